The Labute approximate surface area is 218 Å². The van der Waals surface area contributed by atoms with E-state index < -0.39 is 0 Å². The molecule has 1 N–H and O–H groups in total. The van der Waals surface area contributed by atoms with Crippen molar-refractivity contribution in [1.82, 2.24) is 15.2 Å². The molecule has 6 nitrogen and oxygen atoms in total. The number of benzene rings is 2. The van der Waals surface area contributed by atoms with Gasteiger partial charge in [0.15, 0.2) is 6.29 Å². The van der Waals surface area contributed by atoms with Crippen molar-refractivity contribution in [3.05, 3.63) is 70.8 Å². The van der Waals surface area contributed by atoms with Crippen molar-refractivity contribution in [2.75, 3.05) is 26.7 Å². The standard InChI is InChI=1S/C31H31N3O3/c1-20-23(11-10-22-16-34(17-22)18-25-13-15-30(36)32-25)6-4-7-26(20)27-8-5-9-28(21(27)2)29-14-12-24(19-35)31(33-29)37-3/h4-9,12,14,19,22,25H,13,15-18H2,1-3H3,(H,32,36)/t25-/m0/s1. The number of pyridine rings is 1. The second-order valence-electron chi connectivity index (χ2n) is 9.86. The average molecular weight is 494 g/mol. The number of hydrogen-bond acceptors (Lipinski definition) is 5. The van der Waals surface area contributed by atoms with Crippen LogP contribution in [0, 0.1) is 31.6 Å². The van der Waals surface area contributed by atoms with Gasteiger partial charge in [0.25, 0.3) is 0 Å². The molecule has 0 unspecified atom stereocenters. The molecule has 0 spiro atoms. The zero-order valence-electron chi connectivity index (χ0n) is 21.5. The van der Waals surface area contributed by atoms with Gasteiger partial charge in [0, 0.05) is 49.1 Å². The highest BCUT2D eigenvalue weighted by molar-refractivity contribution is 5.82. The fourth-order valence-corrected chi connectivity index (χ4v) is 5.24. The van der Waals surface area contributed by atoms with Gasteiger partial charge < -0.3 is 10.1 Å². The van der Waals surface area contributed by atoms with Crippen molar-refractivity contribution >= 4 is 12.2 Å². The highest BCUT2D eigenvalue weighted by Crippen LogP contribution is 2.34. The van der Waals surface area contributed by atoms with Crippen molar-refractivity contribution in [2.24, 2.45) is 5.92 Å². The first-order valence-electron chi connectivity index (χ1n) is 12.7. The Kier molecular flexibility index (Phi) is 7.07. The highest BCUT2D eigenvalue weighted by atomic mass is 16.5. The molecular weight excluding hydrogens is 462 g/mol. The van der Waals surface area contributed by atoms with Crippen LogP contribution in [0.1, 0.15) is 39.9 Å². The lowest BCUT2D eigenvalue weighted by molar-refractivity contribution is -0.119. The summed E-state index contributed by atoms with van der Waals surface area (Å²) in [7, 11) is 1.52. The number of hydrogen-bond donors (Lipinski definition) is 1. The number of likely N-dealkylation sites (tertiary alicyclic amines) is 1. The molecule has 2 saturated heterocycles. The summed E-state index contributed by atoms with van der Waals surface area (Å²) in [4.78, 5) is 29.6. The zero-order chi connectivity index (χ0) is 25.9. The number of rotatable bonds is 6. The molecule has 6 heteroatoms. The van der Waals surface area contributed by atoms with Crippen LogP contribution < -0.4 is 10.1 Å². The fraction of sp³-hybridized carbons (Fsp3) is 0.323. The van der Waals surface area contributed by atoms with E-state index >= 15 is 0 Å². The van der Waals surface area contributed by atoms with Gasteiger partial charge in [-0.15, -0.1) is 0 Å². The Bertz CT molecular complexity index is 1410. The molecule has 0 aliphatic carbocycles. The third kappa shape index (κ3) is 5.14. The number of ether oxygens (including phenoxy) is 1. The van der Waals surface area contributed by atoms with E-state index in [0.29, 0.717) is 29.8 Å². The smallest absolute Gasteiger partial charge is 0.224 e. The van der Waals surface area contributed by atoms with Gasteiger partial charge in [-0.1, -0.05) is 42.2 Å². The minimum atomic E-state index is 0.171. The number of carbonyl (C=O) groups excluding carboxylic acids is 2. The van der Waals surface area contributed by atoms with E-state index in [1.54, 1.807) is 6.07 Å². The summed E-state index contributed by atoms with van der Waals surface area (Å²) in [5.41, 5.74) is 7.78. The number of carbonyl (C=O) groups is 2. The summed E-state index contributed by atoms with van der Waals surface area (Å²) >= 11 is 0. The molecule has 1 amide bonds. The first-order chi connectivity index (χ1) is 18.0. The van der Waals surface area contributed by atoms with E-state index in [9.17, 15) is 9.59 Å². The maximum absolute atomic E-state index is 11.4. The first kappa shape index (κ1) is 24.7. The van der Waals surface area contributed by atoms with Gasteiger partial charge in [0.05, 0.1) is 18.4 Å². The van der Waals surface area contributed by atoms with E-state index in [1.807, 2.05) is 18.2 Å². The highest BCUT2D eigenvalue weighted by Gasteiger charge is 2.30. The molecule has 2 aliphatic rings. The molecule has 1 aromatic heterocycles. The van der Waals surface area contributed by atoms with E-state index in [-0.39, 0.29) is 5.91 Å². The monoisotopic (exact) mass is 493 g/mol. The average Bonchev–Trinajstić information content (AvgIpc) is 3.30. The lowest BCUT2D eigenvalue weighted by atomic mass is 9.90. The SMILES string of the molecule is COc1nc(-c2cccc(-c3cccc(C#CC4CN(C[C@@H]5CCC(=O)N5)C4)c3C)c2C)ccc1C=O. The Morgan fingerprint density at radius 1 is 1.05 bits per heavy atom. The molecule has 37 heavy (non-hydrogen) atoms. The normalized spacial score (nSPS) is 17.5. The van der Waals surface area contributed by atoms with Crippen LogP contribution in [0.3, 0.4) is 0 Å². The summed E-state index contributed by atoms with van der Waals surface area (Å²) < 4.78 is 5.31. The van der Waals surface area contributed by atoms with Crippen molar-refractivity contribution in [2.45, 2.75) is 32.7 Å². The second-order valence-corrected chi connectivity index (χ2v) is 9.86. The number of aromatic nitrogens is 1. The van der Waals surface area contributed by atoms with Gasteiger partial charge >= 0.3 is 0 Å². The van der Waals surface area contributed by atoms with E-state index in [1.165, 1.54) is 7.11 Å². The van der Waals surface area contributed by atoms with Crippen molar-refractivity contribution in [1.29, 1.82) is 0 Å². The van der Waals surface area contributed by atoms with Gasteiger partial charge in [-0.05, 0) is 60.7 Å². The molecule has 2 fully saturated rings. The van der Waals surface area contributed by atoms with Crippen LogP contribution in [0.25, 0.3) is 22.4 Å². The number of aldehydes is 1. The fourth-order valence-electron chi connectivity index (χ4n) is 5.24. The number of methoxy groups -OCH3 is 1. The van der Waals surface area contributed by atoms with Crippen molar-refractivity contribution in [3.8, 4) is 40.1 Å². The quantitative estimate of drug-likeness (QED) is 0.407. The van der Waals surface area contributed by atoms with Crippen LogP contribution in [-0.4, -0.2) is 54.9 Å². The molecule has 5 rings (SSSR count). The molecule has 0 saturated carbocycles. The van der Waals surface area contributed by atoms with E-state index in [4.69, 9.17) is 4.74 Å². The van der Waals surface area contributed by atoms with Gasteiger partial charge in [-0.25, -0.2) is 4.98 Å². The summed E-state index contributed by atoms with van der Waals surface area (Å²) in [6.45, 7) is 7.06. The summed E-state index contributed by atoms with van der Waals surface area (Å²) in [6.07, 6.45) is 2.34. The van der Waals surface area contributed by atoms with Crippen LogP contribution in [0.4, 0.5) is 0 Å². The van der Waals surface area contributed by atoms with Crippen molar-refractivity contribution < 1.29 is 14.3 Å². The summed E-state index contributed by atoms with van der Waals surface area (Å²) in [5, 5.41) is 3.04. The third-order valence-electron chi connectivity index (χ3n) is 7.38. The molecular formula is C31H31N3O3. The van der Waals surface area contributed by atoms with Crippen LogP contribution in [-0.2, 0) is 4.79 Å². The third-order valence-corrected chi connectivity index (χ3v) is 7.38. The Hall–Kier alpha value is -3.95. The number of nitrogens with zero attached hydrogens (tertiary/aromatic N) is 2. The lowest BCUT2D eigenvalue weighted by Crippen LogP contribution is -2.50. The number of nitrogens with one attached hydrogen (secondary N) is 1. The zero-order valence-corrected chi connectivity index (χ0v) is 21.5. The molecule has 0 radical (unpaired) electrons. The first-order valence-corrected chi connectivity index (χ1v) is 12.7. The van der Waals surface area contributed by atoms with Gasteiger partial charge in [-0.2, -0.15) is 0 Å². The van der Waals surface area contributed by atoms with Gasteiger partial charge in [-0.3, -0.25) is 14.5 Å². The minimum Gasteiger partial charge on any atom is -0.480 e. The molecule has 1 atom stereocenters. The Morgan fingerprint density at radius 2 is 1.78 bits per heavy atom. The van der Waals surface area contributed by atoms with Crippen LogP contribution >= 0.6 is 0 Å². The molecule has 2 aliphatic heterocycles. The largest absolute Gasteiger partial charge is 0.480 e. The Morgan fingerprint density at radius 3 is 2.49 bits per heavy atom. The van der Waals surface area contributed by atoms with Crippen LogP contribution in [0.5, 0.6) is 5.88 Å². The van der Waals surface area contributed by atoms with Crippen LogP contribution in [0.2, 0.25) is 0 Å². The molecule has 2 aromatic carbocycles. The topological polar surface area (TPSA) is 71.5 Å². The molecule has 3 aromatic rings. The maximum Gasteiger partial charge on any atom is 0.224 e. The van der Waals surface area contributed by atoms with E-state index in [2.05, 4.69) is 65.2 Å². The van der Waals surface area contributed by atoms with Gasteiger partial charge in [0.2, 0.25) is 11.8 Å². The molecule has 0 bridgehead atoms. The van der Waals surface area contributed by atoms with Crippen molar-refractivity contribution in [3.63, 3.8) is 0 Å². The molecule has 188 valence electrons. The molecule has 3 heterocycles. The predicted octanol–water partition coefficient (Wildman–Crippen LogP) is 4.42. The number of amides is 1. The lowest BCUT2D eigenvalue weighted by Gasteiger charge is -2.37. The van der Waals surface area contributed by atoms with E-state index in [0.717, 1.165) is 71.4 Å². The summed E-state index contributed by atoms with van der Waals surface area (Å²) in [5.74, 6) is 7.75. The minimum absolute atomic E-state index is 0.171. The van der Waals surface area contributed by atoms with Gasteiger partial charge in [0.1, 0.15) is 0 Å². The second kappa shape index (κ2) is 10.6. The van der Waals surface area contributed by atoms with Crippen LogP contribution in [0.15, 0.2) is 48.5 Å². The Balaban J connectivity index is 1.35. The maximum atomic E-state index is 11.4. The summed E-state index contributed by atoms with van der Waals surface area (Å²) in [6, 6.07) is 16.4. The predicted molar refractivity (Wildman–Crippen MR) is 144 cm³/mol.